The van der Waals surface area contributed by atoms with Crippen LogP contribution in [0.2, 0.25) is 0 Å². The summed E-state index contributed by atoms with van der Waals surface area (Å²) in [6, 6.07) is 2.06. The summed E-state index contributed by atoms with van der Waals surface area (Å²) in [7, 11) is 0. The SMILES string of the molecule is CCn1ccc2cnc(C(C)C)nc21. The van der Waals surface area contributed by atoms with Gasteiger partial charge in [-0.05, 0) is 13.0 Å². The topological polar surface area (TPSA) is 30.7 Å². The highest BCUT2D eigenvalue weighted by molar-refractivity contribution is 5.75. The smallest absolute Gasteiger partial charge is 0.143 e. The molecule has 2 aromatic heterocycles. The Kier molecular flexibility index (Phi) is 2.23. The third kappa shape index (κ3) is 1.39. The molecule has 2 aromatic rings. The van der Waals surface area contributed by atoms with E-state index in [4.69, 9.17) is 0 Å². The van der Waals surface area contributed by atoms with E-state index in [9.17, 15) is 0 Å². The minimum absolute atomic E-state index is 0.389. The molecule has 0 fully saturated rings. The van der Waals surface area contributed by atoms with Gasteiger partial charge in [0.05, 0.1) is 0 Å². The fraction of sp³-hybridized carbons (Fsp3) is 0.455. The van der Waals surface area contributed by atoms with Crippen LogP contribution in [0.3, 0.4) is 0 Å². The van der Waals surface area contributed by atoms with Gasteiger partial charge in [0, 0.05) is 30.2 Å². The minimum Gasteiger partial charge on any atom is -0.333 e. The van der Waals surface area contributed by atoms with Gasteiger partial charge in [-0.3, -0.25) is 0 Å². The van der Waals surface area contributed by atoms with Gasteiger partial charge in [-0.15, -0.1) is 0 Å². The second-order valence-corrected chi connectivity index (χ2v) is 3.76. The highest BCUT2D eigenvalue weighted by Crippen LogP contribution is 2.15. The average molecular weight is 189 g/mol. The predicted molar refractivity (Wildman–Crippen MR) is 57.3 cm³/mol. The molecule has 0 aromatic carbocycles. The van der Waals surface area contributed by atoms with Crippen LogP contribution in [-0.2, 0) is 6.54 Å². The van der Waals surface area contributed by atoms with Crippen LogP contribution in [0.25, 0.3) is 11.0 Å². The van der Waals surface area contributed by atoms with Crippen molar-refractivity contribution in [2.45, 2.75) is 33.2 Å². The monoisotopic (exact) mass is 189 g/mol. The summed E-state index contributed by atoms with van der Waals surface area (Å²) in [6.45, 7) is 7.30. The van der Waals surface area contributed by atoms with Gasteiger partial charge in [0.15, 0.2) is 0 Å². The summed E-state index contributed by atoms with van der Waals surface area (Å²) < 4.78 is 2.14. The Morgan fingerprint density at radius 3 is 2.86 bits per heavy atom. The highest BCUT2D eigenvalue weighted by Gasteiger charge is 2.06. The Balaban J connectivity index is 2.61. The van der Waals surface area contributed by atoms with Crippen molar-refractivity contribution in [3.63, 3.8) is 0 Å². The first kappa shape index (κ1) is 9.19. The molecule has 0 spiro atoms. The maximum absolute atomic E-state index is 4.56. The predicted octanol–water partition coefficient (Wildman–Crippen LogP) is 2.57. The largest absolute Gasteiger partial charge is 0.333 e. The van der Waals surface area contributed by atoms with E-state index < -0.39 is 0 Å². The van der Waals surface area contributed by atoms with Crippen molar-refractivity contribution in [2.75, 3.05) is 0 Å². The van der Waals surface area contributed by atoms with Crippen LogP contribution in [0, 0.1) is 0 Å². The molecule has 0 N–H and O–H groups in total. The zero-order valence-corrected chi connectivity index (χ0v) is 8.86. The van der Waals surface area contributed by atoms with E-state index in [1.807, 2.05) is 6.20 Å². The fourth-order valence-electron chi connectivity index (χ4n) is 1.52. The summed E-state index contributed by atoms with van der Waals surface area (Å²) >= 11 is 0. The zero-order valence-electron chi connectivity index (χ0n) is 8.86. The van der Waals surface area contributed by atoms with Gasteiger partial charge in [0.25, 0.3) is 0 Å². The molecule has 0 amide bonds. The molecule has 0 saturated heterocycles. The Hall–Kier alpha value is -1.38. The lowest BCUT2D eigenvalue weighted by Gasteiger charge is -2.04. The molecule has 14 heavy (non-hydrogen) atoms. The summed E-state index contributed by atoms with van der Waals surface area (Å²) in [4.78, 5) is 8.89. The quantitative estimate of drug-likeness (QED) is 0.727. The molecule has 0 saturated carbocycles. The summed E-state index contributed by atoms with van der Waals surface area (Å²) in [5.41, 5.74) is 1.05. The van der Waals surface area contributed by atoms with Crippen LogP contribution in [0.1, 0.15) is 32.5 Å². The van der Waals surface area contributed by atoms with E-state index in [1.54, 1.807) is 0 Å². The number of hydrogen-bond donors (Lipinski definition) is 0. The van der Waals surface area contributed by atoms with Gasteiger partial charge >= 0.3 is 0 Å². The van der Waals surface area contributed by atoms with Gasteiger partial charge in [-0.2, -0.15) is 0 Å². The van der Waals surface area contributed by atoms with Gasteiger partial charge in [0.1, 0.15) is 11.5 Å². The second-order valence-electron chi connectivity index (χ2n) is 3.76. The molecule has 0 unspecified atom stereocenters. The lowest BCUT2D eigenvalue weighted by molar-refractivity contribution is 0.752. The molecule has 74 valence electrons. The Bertz CT molecular complexity index is 443. The molecule has 2 heterocycles. The van der Waals surface area contributed by atoms with Gasteiger partial charge < -0.3 is 4.57 Å². The van der Waals surface area contributed by atoms with Crippen molar-refractivity contribution in [3.05, 3.63) is 24.3 Å². The summed E-state index contributed by atoms with van der Waals surface area (Å²) in [5.74, 6) is 1.31. The van der Waals surface area contributed by atoms with Gasteiger partial charge in [-0.1, -0.05) is 13.8 Å². The van der Waals surface area contributed by atoms with Crippen molar-refractivity contribution in [1.29, 1.82) is 0 Å². The summed E-state index contributed by atoms with van der Waals surface area (Å²) in [5, 5.41) is 1.12. The Morgan fingerprint density at radius 1 is 1.43 bits per heavy atom. The molecule has 0 aliphatic carbocycles. The second kappa shape index (κ2) is 3.40. The molecular weight excluding hydrogens is 174 g/mol. The van der Waals surface area contributed by atoms with Crippen LogP contribution in [-0.4, -0.2) is 14.5 Å². The number of hydrogen-bond acceptors (Lipinski definition) is 2. The van der Waals surface area contributed by atoms with Crippen molar-refractivity contribution in [3.8, 4) is 0 Å². The molecule has 0 atom stereocenters. The Labute approximate surface area is 83.8 Å². The van der Waals surface area contributed by atoms with Crippen LogP contribution in [0.15, 0.2) is 18.5 Å². The van der Waals surface area contributed by atoms with E-state index in [2.05, 4.69) is 47.6 Å². The molecular formula is C11H15N3. The third-order valence-corrected chi connectivity index (χ3v) is 2.38. The fourth-order valence-corrected chi connectivity index (χ4v) is 1.52. The van der Waals surface area contributed by atoms with E-state index in [0.29, 0.717) is 5.92 Å². The van der Waals surface area contributed by atoms with Crippen molar-refractivity contribution in [2.24, 2.45) is 0 Å². The molecule has 0 aliphatic heterocycles. The number of aryl methyl sites for hydroxylation is 1. The van der Waals surface area contributed by atoms with Crippen molar-refractivity contribution >= 4 is 11.0 Å². The molecule has 3 heteroatoms. The van der Waals surface area contributed by atoms with Gasteiger partial charge in [-0.25, -0.2) is 9.97 Å². The molecule has 0 bridgehead atoms. The normalized spacial score (nSPS) is 11.4. The number of fused-ring (bicyclic) bond motifs is 1. The van der Waals surface area contributed by atoms with E-state index in [0.717, 1.165) is 23.4 Å². The lowest BCUT2D eigenvalue weighted by atomic mass is 10.2. The third-order valence-electron chi connectivity index (χ3n) is 2.38. The first-order chi connectivity index (χ1) is 6.72. The summed E-state index contributed by atoms with van der Waals surface area (Å²) in [6.07, 6.45) is 3.97. The van der Waals surface area contributed by atoms with Gasteiger partial charge in [0.2, 0.25) is 0 Å². The first-order valence-corrected chi connectivity index (χ1v) is 5.04. The maximum atomic E-state index is 4.56. The Morgan fingerprint density at radius 2 is 2.21 bits per heavy atom. The van der Waals surface area contributed by atoms with Crippen LogP contribution < -0.4 is 0 Å². The highest BCUT2D eigenvalue weighted by atomic mass is 15.0. The number of nitrogens with zero attached hydrogens (tertiary/aromatic N) is 3. The van der Waals surface area contributed by atoms with E-state index in [-0.39, 0.29) is 0 Å². The maximum Gasteiger partial charge on any atom is 0.143 e. The molecule has 3 nitrogen and oxygen atoms in total. The van der Waals surface area contributed by atoms with Crippen LogP contribution >= 0.6 is 0 Å². The standard InChI is InChI=1S/C11H15N3/c1-4-14-6-5-9-7-12-10(8(2)3)13-11(9)14/h5-8H,4H2,1-3H3. The molecule has 0 radical (unpaired) electrons. The molecule has 0 aliphatic rings. The van der Waals surface area contributed by atoms with E-state index >= 15 is 0 Å². The first-order valence-electron chi connectivity index (χ1n) is 5.04. The average Bonchev–Trinajstić information content (AvgIpc) is 2.59. The van der Waals surface area contributed by atoms with Crippen LogP contribution in [0.4, 0.5) is 0 Å². The molecule has 2 rings (SSSR count). The van der Waals surface area contributed by atoms with Crippen molar-refractivity contribution in [1.82, 2.24) is 14.5 Å². The zero-order chi connectivity index (χ0) is 10.1. The van der Waals surface area contributed by atoms with Crippen molar-refractivity contribution < 1.29 is 0 Å². The van der Waals surface area contributed by atoms with Crippen LogP contribution in [0.5, 0.6) is 0 Å². The number of aromatic nitrogens is 3. The lowest BCUT2D eigenvalue weighted by Crippen LogP contribution is -2.00. The van der Waals surface area contributed by atoms with E-state index in [1.165, 1.54) is 0 Å². The minimum atomic E-state index is 0.389. The number of rotatable bonds is 2.